The van der Waals surface area contributed by atoms with Crippen LogP contribution in [0.15, 0.2) is 35.4 Å². The highest BCUT2D eigenvalue weighted by atomic mass is 32.1. The van der Waals surface area contributed by atoms with Crippen LogP contribution >= 0.6 is 11.3 Å². The van der Waals surface area contributed by atoms with E-state index in [-0.39, 0.29) is 17.2 Å². The summed E-state index contributed by atoms with van der Waals surface area (Å²) in [4.78, 5) is 45.1. The molecule has 1 fully saturated rings. The first-order valence-corrected chi connectivity index (χ1v) is 9.92. The van der Waals surface area contributed by atoms with Gasteiger partial charge in [-0.3, -0.25) is 19.7 Å². The van der Waals surface area contributed by atoms with Crippen molar-refractivity contribution in [1.29, 1.82) is 0 Å². The lowest BCUT2D eigenvalue weighted by Crippen LogP contribution is -2.48. The summed E-state index contributed by atoms with van der Waals surface area (Å²) >= 11 is 1.26. The highest BCUT2D eigenvalue weighted by Gasteiger charge is 2.26. The molecule has 0 saturated carbocycles. The van der Waals surface area contributed by atoms with Crippen molar-refractivity contribution >= 4 is 38.8 Å². The van der Waals surface area contributed by atoms with E-state index in [1.165, 1.54) is 34.4 Å². The van der Waals surface area contributed by atoms with Gasteiger partial charge in [-0.25, -0.2) is 4.98 Å². The molecule has 0 N–H and O–H groups in total. The number of carbonyl (C=O) groups excluding carboxylic acids is 1. The number of aryl methyl sites for hydroxylation is 2. The van der Waals surface area contributed by atoms with Crippen molar-refractivity contribution in [2.24, 2.45) is 7.05 Å². The molecule has 3 aromatic rings. The third-order valence-corrected chi connectivity index (χ3v) is 6.39. The normalized spacial score (nSPS) is 14.4. The summed E-state index contributed by atoms with van der Waals surface area (Å²) in [6.45, 7) is 4.13. The van der Waals surface area contributed by atoms with Gasteiger partial charge in [0.1, 0.15) is 4.83 Å². The third-order valence-electron chi connectivity index (χ3n) is 5.20. The topological polar surface area (TPSA) is 102 Å². The number of nitro groups is 1. The van der Waals surface area contributed by atoms with Crippen molar-refractivity contribution in [3.63, 3.8) is 0 Å². The van der Waals surface area contributed by atoms with Crippen molar-refractivity contribution in [2.75, 3.05) is 31.1 Å². The van der Waals surface area contributed by atoms with Crippen LogP contribution in [0.2, 0.25) is 0 Å². The average molecular weight is 413 g/mol. The fourth-order valence-electron chi connectivity index (χ4n) is 3.51. The Hall–Kier alpha value is -3.27. The number of amides is 1. The molecule has 1 aliphatic rings. The average Bonchev–Trinajstić information content (AvgIpc) is 3.07. The second kappa shape index (κ2) is 7.28. The van der Waals surface area contributed by atoms with E-state index in [1.807, 2.05) is 0 Å². The molecule has 10 heteroatoms. The Kier molecular flexibility index (Phi) is 4.79. The van der Waals surface area contributed by atoms with Crippen molar-refractivity contribution < 1.29 is 9.72 Å². The maximum absolute atomic E-state index is 13.1. The Morgan fingerprint density at radius 1 is 1.17 bits per heavy atom. The molecule has 150 valence electrons. The van der Waals surface area contributed by atoms with Crippen LogP contribution in [0, 0.1) is 17.0 Å². The number of non-ortho nitro benzene ring substituents is 1. The number of aromatic nitrogens is 2. The molecule has 4 rings (SSSR count). The van der Waals surface area contributed by atoms with Crippen LogP contribution < -0.4 is 10.5 Å². The van der Waals surface area contributed by atoms with Crippen LogP contribution in [0.4, 0.5) is 11.4 Å². The molecule has 29 heavy (non-hydrogen) atoms. The maximum Gasteiger partial charge on any atom is 0.269 e. The van der Waals surface area contributed by atoms with E-state index in [0.29, 0.717) is 46.8 Å². The van der Waals surface area contributed by atoms with Gasteiger partial charge in [-0.2, -0.15) is 0 Å². The van der Waals surface area contributed by atoms with Crippen molar-refractivity contribution in [1.82, 2.24) is 14.5 Å². The molecule has 1 aliphatic heterocycles. The molecule has 2 aromatic heterocycles. The Balaban J connectivity index is 1.50. The summed E-state index contributed by atoms with van der Waals surface area (Å²) in [5, 5.41) is 11.3. The number of hydrogen-bond acceptors (Lipinski definition) is 7. The Bertz CT molecular complexity index is 1160. The SMILES string of the molecule is Cc1c(C(=O)N2CCN(c3ccc([N+](=O)[O-])cc3)CC2)sc2ncn(C)c(=O)c12. The standard InChI is InChI=1S/C19H19N5O4S/c1-12-15-17(20-11-21(2)18(15)25)29-16(12)19(26)23-9-7-22(8-10-23)13-3-5-14(6-4-13)24(27)28/h3-6,11H,7-10H2,1-2H3. The monoisotopic (exact) mass is 413 g/mol. The Morgan fingerprint density at radius 2 is 1.83 bits per heavy atom. The number of anilines is 1. The van der Waals surface area contributed by atoms with E-state index >= 15 is 0 Å². The van der Waals surface area contributed by atoms with Crippen LogP contribution in [0.25, 0.3) is 10.2 Å². The molecular weight excluding hydrogens is 394 g/mol. The van der Waals surface area contributed by atoms with Crippen LogP contribution in [0.3, 0.4) is 0 Å². The van der Waals surface area contributed by atoms with Gasteiger partial charge < -0.3 is 14.4 Å². The molecular formula is C19H19N5O4S. The third kappa shape index (κ3) is 3.35. The molecule has 0 radical (unpaired) electrons. The van der Waals surface area contributed by atoms with Gasteiger partial charge in [0, 0.05) is 51.0 Å². The fraction of sp³-hybridized carbons (Fsp3) is 0.316. The van der Waals surface area contributed by atoms with Crippen LogP contribution in [0.1, 0.15) is 15.2 Å². The second-order valence-corrected chi connectivity index (χ2v) is 7.95. The first kappa shape index (κ1) is 19.1. The van der Waals surface area contributed by atoms with E-state index in [1.54, 1.807) is 31.0 Å². The van der Waals surface area contributed by atoms with Gasteiger partial charge in [-0.1, -0.05) is 0 Å². The minimum atomic E-state index is -0.421. The van der Waals surface area contributed by atoms with E-state index in [2.05, 4.69) is 9.88 Å². The van der Waals surface area contributed by atoms with Gasteiger partial charge in [-0.05, 0) is 24.6 Å². The minimum absolute atomic E-state index is 0.0579. The number of thiophene rings is 1. The predicted molar refractivity (Wildman–Crippen MR) is 111 cm³/mol. The number of hydrogen-bond donors (Lipinski definition) is 0. The highest BCUT2D eigenvalue weighted by molar-refractivity contribution is 7.20. The molecule has 0 bridgehead atoms. The minimum Gasteiger partial charge on any atom is -0.368 e. The fourth-order valence-corrected chi connectivity index (χ4v) is 4.62. The smallest absolute Gasteiger partial charge is 0.269 e. The van der Waals surface area contributed by atoms with Crippen LogP contribution in [-0.4, -0.2) is 51.5 Å². The summed E-state index contributed by atoms with van der Waals surface area (Å²) in [5.41, 5.74) is 1.49. The van der Waals surface area contributed by atoms with Crippen molar-refractivity contribution in [3.05, 3.63) is 61.5 Å². The van der Waals surface area contributed by atoms with E-state index in [4.69, 9.17) is 0 Å². The number of benzene rings is 1. The van der Waals surface area contributed by atoms with E-state index in [0.717, 1.165) is 5.69 Å². The molecule has 0 unspecified atom stereocenters. The molecule has 9 nitrogen and oxygen atoms in total. The second-order valence-electron chi connectivity index (χ2n) is 6.95. The zero-order valence-electron chi connectivity index (χ0n) is 16.0. The zero-order chi connectivity index (χ0) is 20.7. The summed E-state index contributed by atoms with van der Waals surface area (Å²) in [6.07, 6.45) is 1.47. The lowest BCUT2D eigenvalue weighted by molar-refractivity contribution is -0.384. The van der Waals surface area contributed by atoms with E-state index in [9.17, 15) is 19.7 Å². The molecule has 1 aromatic carbocycles. The molecule has 1 amide bonds. The quantitative estimate of drug-likeness (QED) is 0.482. The molecule has 3 heterocycles. The number of carbonyl (C=O) groups is 1. The highest BCUT2D eigenvalue weighted by Crippen LogP contribution is 2.28. The summed E-state index contributed by atoms with van der Waals surface area (Å²) in [7, 11) is 1.64. The van der Waals surface area contributed by atoms with Gasteiger partial charge >= 0.3 is 0 Å². The first-order chi connectivity index (χ1) is 13.9. The maximum atomic E-state index is 13.1. The Labute approximate surface area is 170 Å². The van der Waals surface area contributed by atoms with Crippen LogP contribution in [0.5, 0.6) is 0 Å². The predicted octanol–water partition coefficient (Wildman–Crippen LogP) is 2.17. The number of rotatable bonds is 3. The van der Waals surface area contributed by atoms with Crippen LogP contribution in [-0.2, 0) is 7.05 Å². The van der Waals surface area contributed by atoms with Crippen molar-refractivity contribution in [3.8, 4) is 0 Å². The van der Waals surface area contributed by atoms with Crippen molar-refractivity contribution in [2.45, 2.75) is 6.92 Å². The Morgan fingerprint density at radius 3 is 2.45 bits per heavy atom. The van der Waals surface area contributed by atoms with E-state index < -0.39 is 4.92 Å². The first-order valence-electron chi connectivity index (χ1n) is 9.10. The zero-order valence-corrected chi connectivity index (χ0v) is 16.8. The number of nitrogens with zero attached hydrogens (tertiary/aromatic N) is 5. The lowest BCUT2D eigenvalue weighted by Gasteiger charge is -2.36. The van der Waals surface area contributed by atoms with Gasteiger partial charge in [0.15, 0.2) is 0 Å². The largest absolute Gasteiger partial charge is 0.368 e. The summed E-state index contributed by atoms with van der Waals surface area (Å²) in [5.74, 6) is -0.0871. The summed E-state index contributed by atoms with van der Waals surface area (Å²) in [6, 6.07) is 6.43. The molecule has 1 saturated heterocycles. The van der Waals surface area contributed by atoms with Gasteiger partial charge in [0.2, 0.25) is 0 Å². The number of nitro benzene ring substituents is 1. The number of fused-ring (bicyclic) bond motifs is 1. The van der Waals surface area contributed by atoms with Gasteiger partial charge in [0.05, 0.1) is 21.5 Å². The molecule has 0 atom stereocenters. The molecule has 0 spiro atoms. The van der Waals surface area contributed by atoms with Gasteiger partial charge in [0.25, 0.3) is 17.2 Å². The van der Waals surface area contributed by atoms with Gasteiger partial charge in [-0.15, -0.1) is 11.3 Å². The lowest BCUT2D eigenvalue weighted by atomic mass is 10.2. The summed E-state index contributed by atoms with van der Waals surface area (Å²) < 4.78 is 1.42. The number of piperazine rings is 1. The molecule has 0 aliphatic carbocycles.